The monoisotopic (exact) mass is 310 g/mol. The Balaban J connectivity index is 2.44. The first-order valence-corrected chi connectivity index (χ1v) is 6.47. The molecule has 0 atom stereocenters. The van der Waals surface area contributed by atoms with Gasteiger partial charge in [-0.2, -0.15) is 0 Å². The number of nitrogen functional groups attached to an aromatic ring is 1. The van der Waals surface area contributed by atoms with Gasteiger partial charge in [0.15, 0.2) is 5.82 Å². The number of azo groups is 1. The highest BCUT2D eigenvalue weighted by Crippen LogP contribution is 2.37. The summed E-state index contributed by atoms with van der Waals surface area (Å²) in [5.41, 5.74) is 8.18. The van der Waals surface area contributed by atoms with Crippen molar-refractivity contribution in [2.75, 3.05) is 5.73 Å². The van der Waals surface area contributed by atoms with Gasteiger partial charge in [0, 0.05) is 17.4 Å². The minimum absolute atomic E-state index is 0.00281. The lowest BCUT2D eigenvalue weighted by molar-refractivity contribution is 0.475. The number of nitrogens with two attached hydrogens (primary N) is 1. The Morgan fingerprint density at radius 2 is 1.90 bits per heavy atom. The van der Waals surface area contributed by atoms with Crippen LogP contribution in [0.5, 0.6) is 5.75 Å². The summed E-state index contributed by atoms with van der Waals surface area (Å²) in [6.07, 6.45) is 1.41. The molecule has 0 fully saturated rings. The molecule has 0 aliphatic rings. The minimum Gasteiger partial charge on any atom is -0.506 e. The molecule has 0 aliphatic heterocycles. The zero-order valence-electron chi connectivity index (χ0n) is 10.9. The lowest BCUT2D eigenvalue weighted by Crippen LogP contribution is -1.93. The number of hydrogen-bond donors (Lipinski definition) is 2. The van der Waals surface area contributed by atoms with Crippen molar-refractivity contribution in [2.45, 2.75) is 13.8 Å². The number of aromatic nitrogens is 1. The fourth-order valence-corrected chi connectivity index (χ4v) is 2.09. The van der Waals surface area contributed by atoms with Crippen LogP contribution in [0.3, 0.4) is 0 Å². The molecule has 0 aliphatic carbocycles. The van der Waals surface area contributed by atoms with E-state index in [0.29, 0.717) is 22.0 Å². The summed E-state index contributed by atoms with van der Waals surface area (Å²) < 4.78 is 0. The van der Waals surface area contributed by atoms with Crippen LogP contribution in [-0.2, 0) is 0 Å². The number of pyridine rings is 1. The minimum atomic E-state index is 0.00281. The van der Waals surface area contributed by atoms with Crippen LogP contribution in [-0.4, -0.2) is 10.1 Å². The van der Waals surface area contributed by atoms with Crippen LogP contribution in [0.25, 0.3) is 0 Å². The van der Waals surface area contributed by atoms with Gasteiger partial charge in [-0.15, -0.1) is 10.2 Å². The van der Waals surface area contributed by atoms with Gasteiger partial charge in [-0.25, -0.2) is 4.98 Å². The van der Waals surface area contributed by atoms with Crippen LogP contribution >= 0.6 is 23.2 Å². The van der Waals surface area contributed by atoms with Crippen molar-refractivity contribution in [3.63, 3.8) is 0 Å². The average Bonchev–Trinajstić information content (AvgIpc) is 2.38. The molecule has 2 rings (SSSR count). The molecule has 20 heavy (non-hydrogen) atoms. The van der Waals surface area contributed by atoms with Gasteiger partial charge in [-0.1, -0.05) is 23.2 Å². The topological polar surface area (TPSA) is 83.9 Å². The van der Waals surface area contributed by atoms with E-state index in [1.54, 1.807) is 13.8 Å². The summed E-state index contributed by atoms with van der Waals surface area (Å²) in [5.74, 6) is 0.219. The van der Waals surface area contributed by atoms with Crippen LogP contribution in [0.4, 0.5) is 17.2 Å². The van der Waals surface area contributed by atoms with Crippen molar-refractivity contribution in [1.29, 1.82) is 0 Å². The predicted molar refractivity (Wildman–Crippen MR) is 80.4 cm³/mol. The second-order valence-corrected chi connectivity index (χ2v) is 5.10. The Bertz CT molecular complexity index is 701. The molecule has 0 unspecified atom stereocenters. The smallest absolute Gasteiger partial charge is 0.193 e. The molecule has 1 aromatic carbocycles. The predicted octanol–water partition coefficient (Wildman–Crippen LogP) is 4.71. The number of nitrogens with zero attached hydrogens (tertiary/aromatic N) is 3. The van der Waals surface area contributed by atoms with E-state index in [2.05, 4.69) is 15.2 Å². The van der Waals surface area contributed by atoms with Crippen molar-refractivity contribution in [1.82, 2.24) is 4.98 Å². The molecule has 0 spiro atoms. The Hall–Kier alpha value is -1.85. The Morgan fingerprint density at radius 3 is 2.55 bits per heavy atom. The molecule has 0 saturated carbocycles. The maximum Gasteiger partial charge on any atom is 0.193 e. The molecule has 7 heteroatoms. The first-order chi connectivity index (χ1) is 9.40. The van der Waals surface area contributed by atoms with Gasteiger partial charge in [0.05, 0.1) is 10.0 Å². The van der Waals surface area contributed by atoms with Gasteiger partial charge >= 0.3 is 0 Å². The first kappa shape index (κ1) is 14.6. The third kappa shape index (κ3) is 2.84. The molecule has 5 nitrogen and oxygen atoms in total. The number of hydrogen-bond acceptors (Lipinski definition) is 5. The van der Waals surface area contributed by atoms with Crippen molar-refractivity contribution in [3.05, 3.63) is 39.5 Å². The number of aryl methyl sites for hydroxylation is 1. The molecule has 2 aromatic rings. The van der Waals surface area contributed by atoms with Crippen LogP contribution in [0, 0.1) is 13.8 Å². The number of phenolic OH excluding ortho intramolecular Hbond substituents is 1. The average molecular weight is 311 g/mol. The van der Waals surface area contributed by atoms with Crippen molar-refractivity contribution in [3.8, 4) is 5.75 Å². The van der Waals surface area contributed by atoms with Crippen LogP contribution in [0.2, 0.25) is 10.0 Å². The molecule has 0 saturated heterocycles. The Kier molecular flexibility index (Phi) is 4.11. The van der Waals surface area contributed by atoms with Gasteiger partial charge in [0.2, 0.25) is 0 Å². The largest absolute Gasteiger partial charge is 0.506 e. The van der Waals surface area contributed by atoms with Gasteiger partial charge in [0.1, 0.15) is 11.4 Å². The number of benzene rings is 1. The highest BCUT2D eigenvalue weighted by molar-refractivity contribution is 6.35. The molecule has 1 heterocycles. The van der Waals surface area contributed by atoms with Crippen molar-refractivity contribution in [2.24, 2.45) is 10.2 Å². The third-order valence-corrected chi connectivity index (χ3v) is 3.30. The molecule has 0 bridgehead atoms. The van der Waals surface area contributed by atoms with Gasteiger partial charge in [-0.3, -0.25) is 0 Å². The van der Waals surface area contributed by atoms with E-state index in [1.807, 2.05) is 0 Å². The maximum atomic E-state index is 9.90. The second kappa shape index (κ2) is 5.64. The SMILES string of the molecule is Cc1cc(O)c(N=Nc2ncc(Cl)cc2Cl)c(C)c1N. The van der Waals surface area contributed by atoms with Gasteiger partial charge < -0.3 is 10.8 Å². The number of rotatable bonds is 2. The fourth-order valence-electron chi connectivity index (χ4n) is 1.67. The molecular weight excluding hydrogens is 299 g/mol. The third-order valence-electron chi connectivity index (χ3n) is 2.81. The van der Waals surface area contributed by atoms with E-state index in [-0.39, 0.29) is 16.6 Å². The number of anilines is 1. The second-order valence-electron chi connectivity index (χ2n) is 4.26. The molecule has 0 amide bonds. The van der Waals surface area contributed by atoms with Gasteiger partial charge in [-0.05, 0) is 31.5 Å². The zero-order chi connectivity index (χ0) is 14.9. The highest BCUT2D eigenvalue weighted by atomic mass is 35.5. The molecule has 3 N–H and O–H groups in total. The summed E-state index contributed by atoms with van der Waals surface area (Å²) in [6.45, 7) is 3.56. The van der Waals surface area contributed by atoms with Crippen LogP contribution < -0.4 is 5.73 Å². The number of halogens is 2. The van der Waals surface area contributed by atoms with E-state index < -0.39 is 0 Å². The number of aromatic hydroxyl groups is 1. The van der Waals surface area contributed by atoms with Gasteiger partial charge in [0.25, 0.3) is 0 Å². The molecule has 0 radical (unpaired) electrons. The van der Waals surface area contributed by atoms with Crippen molar-refractivity contribution < 1.29 is 5.11 Å². The summed E-state index contributed by atoms with van der Waals surface area (Å²) >= 11 is 11.7. The zero-order valence-corrected chi connectivity index (χ0v) is 12.4. The Labute approximate surface area is 126 Å². The highest BCUT2D eigenvalue weighted by Gasteiger charge is 2.11. The van der Waals surface area contributed by atoms with E-state index in [9.17, 15) is 5.11 Å². The van der Waals surface area contributed by atoms with Crippen LogP contribution in [0.15, 0.2) is 28.6 Å². The molecule has 104 valence electrons. The van der Waals surface area contributed by atoms with E-state index in [1.165, 1.54) is 18.3 Å². The quantitative estimate of drug-likeness (QED) is 0.478. The Morgan fingerprint density at radius 1 is 1.20 bits per heavy atom. The molecular formula is C13H12Cl2N4O. The lowest BCUT2D eigenvalue weighted by Gasteiger charge is -2.08. The fraction of sp³-hybridized carbons (Fsp3) is 0.154. The van der Waals surface area contributed by atoms with Crippen molar-refractivity contribution >= 4 is 40.4 Å². The summed E-state index contributed by atoms with van der Waals surface area (Å²) in [5, 5.41) is 18.5. The number of phenols is 1. The lowest BCUT2D eigenvalue weighted by atomic mass is 10.1. The first-order valence-electron chi connectivity index (χ1n) is 5.71. The normalized spacial score (nSPS) is 11.2. The van der Waals surface area contributed by atoms with E-state index in [0.717, 1.165) is 5.56 Å². The summed E-state index contributed by atoms with van der Waals surface area (Å²) in [7, 11) is 0. The van der Waals surface area contributed by atoms with E-state index >= 15 is 0 Å². The maximum absolute atomic E-state index is 9.90. The van der Waals surface area contributed by atoms with Crippen LogP contribution in [0.1, 0.15) is 11.1 Å². The summed E-state index contributed by atoms with van der Waals surface area (Å²) in [6, 6.07) is 3.05. The standard InChI is InChI=1S/C13H12Cl2N4O/c1-6-3-10(20)12(7(2)11(6)16)18-19-13-9(15)4-8(14)5-17-13/h3-5,20H,16H2,1-2H3. The van der Waals surface area contributed by atoms with E-state index in [4.69, 9.17) is 28.9 Å². The molecule has 1 aromatic heterocycles. The summed E-state index contributed by atoms with van der Waals surface area (Å²) in [4.78, 5) is 3.96.